The number of hydrogen-bond donors (Lipinski definition) is 1. The molecule has 2 nitrogen and oxygen atoms in total. The van der Waals surface area contributed by atoms with Crippen molar-refractivity contribution in [1.29, 1.82) is 0 Å². The number of nitrogens with one attached hydrogen (secondary N) is 1. The first-order valence-corrected chi connectivity index (χ1v) is 8.83. The second-order valence-electron chi connectivity index (χ2n) is 4.80. The van der Waals surface area contributed by atoms with Crippen molar-refractivity contribution in [2.45, 2.75) is 38.3 Å². The molecule has 0 amide bonds. The second kappa shape index (κ2) is 6.83. The molecule has 1 atom stereocenters. The Morgan fingerprint density at radius 2 is 1.94 bits per heavy atom. The molecule has 2 rings (SSSR count). The molecule has 1 N–H and O–H groups in total. The summed E-state index contributed by atoms with van der Waals surface area (Å²) in [4.78, 5) is 0. The van der Waals surface area contributed by atoms with Crippen molar-refractivity contribution >= 4 is 26.7 Å². The molecule has 1 aromatic carbocycles. The van der Waals surface area contributed by atoms with E-state index in [0.717, 1.165) is 35.2 Å². The maximum absolute atomic E-state index is 11.3. The van der Waals surface area contributed by atoms with Gasteiger partial charge < -0.3 is 5.32 Å². The van der Waals surface area contributed by atoms with Crippen molar-refractivity contribution in [1.82, 2.24) is 5.32 Å². The Morgan fingerprint density at radius 3 is 2.50 bits per heavy atom. The van der Waals surface area contributed by atoms with E-state index in [1.54, 1.807) is 0 Å². The molecule has 1 saturated heterocycles. The van der Waals surface area contributed by atoms with Crippen molar-refractivity contribution in [3.8, 4) is 0 Å². The van der Waals surface area contributed by atoms with Gasteiger partial charge in [0.2, 0.25) is 0 Å². The first kappa shape index (κ1) is 14.2. The number of rotatable bonds is 4. The molecular weight excluding hydrogens is 310 g/mol. The summed E-state index contributed by atoms with van der Waals surface area (Å²) in [7, 11) is -0.571. The summed E-state index contributed by atoms with van der Waals surface area (Å²) in [6.07, 6.45) is 3.17. The minimum Gasteiger partial charge on any atom is -0.307 e. The van der Waals surface area contributed by atoms with E-state index in [2.05, 4.69) is 52.4 Å². The van der Waals surface area contributed by atoms with Crippen LogP contribution in [0.3, 0.4) is 0 Å². The van der Waals surface area contributed by atoms with Crippen LogP contribution < -0.4 is 5.32 Å². The van der Waals surface area contributed by atoms with E-state index in [-0.39, 0.29) is 0 Å². The second-order valence-corrected chi connectivity index (χ2v) is 7.41. The summed E-state index contributed by atoms with van der Waals surface area (Å²) in [5.74, 6) is 1.71. The van der Waals surface area contributed by atoms with Crippen LogP contribution in [0, 0.1) is 0 Å². The minimum absolute atomic E-state index is 0.412. The first-order chi connectivity index (χ1) is 8.69. The molecule has 0 bridgehead atoms. The standard InChI is InChI=1S/C14H20BrNOS/c1-2-14(11-3-5-12(15)6-4-11)16-13-7-9-18(17)10-8-13/h3-6,13-14,16H,2,7-10H2,1H3. The summed E-state index contributed by atoms with van der Waals surface area (Å²) in [5, 5.41) is 3.71. The minimum atomic E-state index is -0.571. The third-order valence-corrected chi connectivity index (χ3v) is 5.42. The van der Waals surface area contributed by atoms with Crippen LogP contribution in [0.4, 0.5) is 0 Å². The molecule has 18 heavy (non-hydrogen) atoms. The maximum atomic E-state index is 11.3. The Morgan fingerprint density at radius 1 is 1.33 bits per heavy atom. The zero-order valence-electron chi connectivity index (χ0n) is 10.7. The van der Waals surface area contributed by atoms with E-state index in [0.29, 0.717) is 12.1 Å². The van der Waals surface area contributed by atoms with Crippen LogP contribution >= 0.6 is 15.9 Å². The summed E-state index contributed by atoms with van der Waals surface area (Å²) in [6.45, 7) is 2.21. The smallest absolute Gasteiger partial charge is 0.0320 e. The Hall–Kier alpha value is -0.190. The molecule has 4 heteroatoms. The molecule has 0 aromatic heterocycles. The lowest BCUT2D eigenvalue weighted by Crippen LogP contribution is -2.37. The van der Waals surface area contributed by atoms with Gasteiger partial charge in [-0.1, -0.05) is 35.0 Å². The Labute approximate surface area is 120 Å². The van der Waals surface area contributed by atoms with Gasteiger partial charge in [-0.05, 0) is 37.0 Å². The van der Waals surface area contributed by atoms with Gasteiger partial charge in [-0.3, -0.25) is 4.21 Å². The summed E-state index contributed by atoms with van der Waals surface area (Å²) in [5.41, 5.74) is 1.34. The number of benzene rings is 1. The molecule has 1 aromatic rings. The van der Waals surface area contributed by atoms with Gasteiger partial charge in [0.1, 0.15) is 0 Å². The highest BCUT2D eigenvalue weighted by Gasteiger charge is 2.20. The quantitative estimate of drug-likeness (QED) is 0.917. The van der Waals surface area contributed by atoms with Gasteiger partial charge in [0.25, 0.3) is 0 Å². The van der Waals surface area contributed by atoms with E-state index in [4.69, 9.17) is 0 Å². The van der Waals surface area contributed by atoms with Crippen molar-refractivity contribution in [2.75, 3.05) is 11.5 Å². The topological polar surface area (TPSA) is 29.1 Å². The van der Waals surface area contributed by atoms with E-state index < -0.39 is 10.8 Å². The highest BCUT2D eigenvalue weighted by molar-refractivity contribution is 9.10. The molecule has 0 spiro atoms. The Kier molecular flexibility index (Phi) is 5.39. The van der Waals surface area contributed by atoms with E-state index in [1.165, 1.54) is 5.56 Å². The van der Waals surface area contributed by atoms with Gasteiger partial charge >= 0.3 is 0 Å². The third kappa shape index (κ3) is 3.90. The molecule has 1 aliphatic rings. The molecule has 1 fully saturated rings. The highest BCUT2D eigenvalue weighted by Crippen LogP contribution is 2.22. The molecule has 100 valence electrons. The van der Waals surface area contributed by atoms with Gasteiger partial charge in [-0.15, -0.1) is 0 Å². The Balaban J connectivity index is 1.96. The lowest BCUT2D eigenvalue weighted by Gasteiger charge is -2.28. The highest BCUT2D eigenvalue weighted by atomic mass is 79.9. The monoisotopic (exact) mass is 329 g/mol. The van der Waals surface area contributed by atoms with E-state index >= 15 is 0 Å². The maximum Gasteiger partial charge on any atom is 0.0320 e. The van der Waals surface area contributed by atoms with Crippen LogP contribution in [-0.4, -0.2) is 21.8 Å². The fraction of sp³-hybridized carbons (Fsp3) is 0.571. The lowest BCUT2D eigenvalue weighted by molar-refractivity contribution is 0.403. The molecule has 1 aliphatic heterocycles. The molecule has 1 heterocycles. The summed E-state index contributed by atoms with van der Waals surface area (Å²) >= 11 is 3.47. The molecular formula is C14H20BrNOS. The molecule has 0 saturated carbocycles. The van der Waals surface area contributed by atoms with Crippen LogP contribution in [0.5, 0.6) is 0 Å². The zero-order chi connectivity index (χ0) is 13.0. The SMILES string of the molecule is CCC(NC1CCS(=O)CC1)c1ccc(Br)cc1. The predicted octanol–water partition coefficient (Wildman–Crippen LogP) is 3.40. The van der Waals surface area contributed by atoms with Crippen molar-refractivity contribution in [3.05, 3.63) is 34.3 Å². The third-order valence-electron chi connectivity index (χ3n) is 3.51. The first-order valence-electron chi connectivity index (χ1n) is 6.55. The van der Waals surface area contributed by atoms with Gasteiger partial charge in [-0.25, -0.2) is 0 Å². The van der Waals surface area contributed by atoms with Gasteiger partial charge in [0.15, 0.2) is 0 Å². The number of halogens is 1. The van der Waals surface area contributed by atoms with Crippen molar-refractivity contribution in [2.24, 2.45) is 0 Å². The predicted molar refractivity (Wildman–Crippen MR) is 81.2 cm³/mol. The molecule has 1 unspecified atom stereocenters. The zero-order valence-corrected chi connectivity index (χ0v) is 13.1. The van der Waals surface area contributed by atoms with Crippen LogP contribution in [0.15, 0.2) is 28.7 Å². The van der Waals surface area contributed by atoms with Gasteiger partial charge in [-0.2, -0.15) is 0 Å². The Bertz CT molecular complexity index is 397. The van der Waals surface area contributed by atoms with Crippen LogP contribution in [-0.2, 0) is 10.8 Å². The van der Waals surface area contributed by atoms with E-state index in [1.807, 2.05) is 0 Å². The van der Waals surface area contributed by atoms with E-state index in [9.17, 15) is 4.21 Å². The summed E-state index contributed by atoms with van der Waals surface area (Å²) in [6, 6.07) is 9.47. The fourth-order valence-corrected chi connectivity index (χ4v) is 3.95. The molecule has 0 aliphatic carbocycles. The number of hydrogen-bond acceptors (Lipinski definition) is 2. The van der Waals surface area contributed by atoms with Crippen LogP contribution in [0.2, 0.25) is 0 Å². The van der Waals surface area contributed by atoms with Gasteiger partial charge in [0.05, 0.1) is 0 Å². The van der Waals surface area contributed by atoms with Crippen molar-refractivity contribution < 1.29 is 4.21 Å². The summed E-state index contributed by atoms with van der Waals surface area (Å²) < 4.78 is 12.5. The molecule has 0 radical (unpaired) electrons. The largest absolute Gasteiger partial charge is 0.307 e. The van der Waals surface area contributed by atoms with Crippen molar-refractivity contribution in [3.63, 3.8) is 0 Å². The van der Waals surface area contributed by atoms with Gasteiger partial charge in [0, 0.05) is 38.9 Å². The lowest BCUT2D eigenvalue weighted by atomic mass is 10.0. The van der Waals surface area contributed by atoms with Crippen LogP contribution in [0.1, 0.15) is 37.8 Å². The van der Waals surface area contributed by atoms with Crippen LogP contribution in [0.25, 0.3) is 0 Å². The fourth-order valence-electron chi connectivity index (χ4n) is 2.39. The normalized spacial score (nSPS) is 25.9. The average Bonchev–Trinajstić information content (AvgIpc) is 2.39. The average molecular weight is 330 g/mol.